The number of rotatable bonds is 3. The smallest absolute Gasteiger partial charge is 0.307 e. The highest BCUT2D eigenvalue weighted by molar-refractivity contribution is 7.10. The second-order valence-electron chi connectivity index (χ2n) is 2.58. The van der Waals surface area contributed by atoms with Gasteiger partial charge in [-0.1, -0.05) is 19.4 Å². The van der Waals surface area contributed by atoms with Crippen molar-refractivity contribution in [3.63, 3.8) is 0 Å². The van der Waals surface area contributed by atoms with Gasteiger partial charge in [0, 0.05) is 9.89 Å². The SMILES string of the molecule is CCCC(C#[N+][O-])c1cccs1. The van der Waals surface area contributed by atoms with E-state index in [0.29, 0.717) is 0 Å². The van der Waals surface area contributed by atoms with E-state index in [2.05, 4.69) is 18.0 Å². The summed E-state index contributed by atoms with van der Waals surface area (Å²) in [6.45, 7) is 2.09. The summed E-state index contributed by atoms with van der Waals surface area (Å²) < 4.78 is 0. The van der Waals surface area contributed by atoms with E-state index in [1.165, 1.54) is 4.88 Å². The fourth-order valence-corrected chi connectivity index (χ4v) is 1.92. The summed E-state index contributed by atoms with van der Waals surface area (Å²) in [6.07, 6.45) is 2.00. The van der Waals surface area contributed by atoms with Crippen LogP contribution in [-0.4, -0.2) is 0 Å². The van der Waals surface area contributed by atoms with Gasteiger partial charge in [-0.15, -0.1) is 11.3 Å². The van der Waals surface area contributed by atoms with E-state index in [0.717, 1.165) is 12.8 Å². The topological polar surface area (TPSA) is 27.4 Å². The molecule has 1 atom stereocenters. The zero-order valence-corrected chi connectivity index (χ0v) is 7.80. The molecule has 1 aromatic heterocycles. The van der Waals surface area contributed by atoms with Crippen molar-refractivity contribution in [3.8, 4) is 6.07 Å². The van der Waals surface area contributed by atoms with Crippen molar-refractivity contribution >= 4 is 11.3 Å². The van der Waals surface area contributed by atoms with E-state index >= 15 is 0 Å². The van der Waals surface area contributed by atoms with E-state index in [-0.39, 0.29) is 5.92 Å². The number of hydrogen-bond donors (Lipinski definition) is 0. The molecule has 0 aliphatic heterocycles. The Kier molecular flexibility index (Phi) is 3.62. The first-order valence-electron chi connectivity index (χ1n) is 3.99. The Morgan fingerprint density at radius 3 is 3.08 bits per heavy atom. The van der Waals surface area contributed by atoms with Crippen LogP contribution in [0.3, 0.4) is 0 Å². The quantitative estimate of drug-likeness (QED) is 0.656. The molecule has 0 amide bonds. The molecular formula is C9H11NOS. The van der Waals surface area contributed by atoms with Crippen LogP contribution in [0, 0.1) is 11.3 Å². The molecule has 2 nitrogen and oxygen atoms in total. The lowest BCUT2D eigenvalue weighted by molar-refractivity contribution is 0.743. The highest BCUT2D eigenvalue weighted by Crippen LogP contribution is 2.24. The van der Waals surface area contributed by atoms with E-state index in [9.17, 15) is 5.21 Å². The highest BCUT2D eigenvalue weighted by Gasteiger charge is 2.13. The van der Waals surface area contributed by atoms with E-state index < -0.39 is 0 Å². The minimum Gasteiger partial charge on any atom is -0.498 e. The van der Waals surface area contributed by atoms with Crippen molar-refractivity contribution in [1.82, 2.24) is 0 Å². The normalized spacial score (nSPS) is 11.8. The average molecular weight is 181 g/mol. The first kappa shape index (κ1) is 9.08. The van der Waals surface area contributed by atoms with Crippen LogP contribution in [0.15, 0.2) is 17.5 Å². The third kappa shape index (κ3) is 2.24. The van der Waals surface area contributed by atoms with Crippen LogP contribution < -0.4 is 0 Å². The van der Waals surface area contributed by atoms with Crippen LogP contribution in [0.2, 0.25) is 0 Å². The van der Waals surface area contributed by atoms with Crippen LogP contribution >= 0.6 is 11.3 Å². The average Bonchev–Trinajstić information content (AvgIpc) is 2.56. The van der Waals surface area contributed by atoms with Crippen molar-refractivity contribution in [2.75, 3.05) is 0 Å². The summed E-state index contributed by atoms with van der Waals surface area (Å²) >= 11 is 1.65. The van der Waals surface area contributed by atoms with Crippen LogP contribution in [0.5, 0.6) is 0 Å². The predicted molar refractivity (Wildman–Crippen MR) is 52.6 cm³/mol. The van der Waals surface area contributed by atoms with Gasteiger partial charge in [-0.05, 0) is 17.9 Å². The van der Waals surface area contributed by atoms with Crippen molar-refractivity contribution in [2.45, 2.75) is 25.7 Å². The molecule has 0 fully saturated rings. The molecule has 12 heavy (non-hydrogen) atoms. The summed E-state index contributed by atoms with van der Waals surface area (Å²) in [6, 6.07) is 6.56. The largest absolute Gasteiger partial charge is 0.498 e. The molecule has 0 saturated carbocycles. The van der Waals surface area contributed by atoms with Gasteiger partial charge in [-0.2, -0.15) is 0 Å². The van der Waals surface area contributed by atoms with Crippen LogP contribution in [0.4, 0.5) is 0 Å². The highest BCUT2D eigenvalue weighted by atomic mass is 32.1. The van der Waals surface area contributed by atoms with E-state index in [4.69, 9.17) is 0 Å². The Labute approximate surface area is 76.2 Å². The van der Waals surface area contributed by atoms with Crippen molar-refractivity contribution in [3.05, 3.63) is 32.6 Å². The molecule has 0 aromatic carbocycles. The van der Waals surface area contributed by atoms with Crippen LogP contribution in [0.1, 0.15) is 30.6 Å². The Balaban J connectivity index is 2.71. The minimum atomic E-state index is 0.104. The van der Waals surface area contributed by atoms with Gasteiger partial charge < -0.3 is 5.21 Å². The molecule has 0 aliphatic rings. The van der Waals surface area contributed by atoms with Gasteiger partial charge in [-0.3, -0.25) is 0 Å². The maximum Gasteiger partial charge on any atom is 0.307 e. The molecule has 1 heterocycles. The van der Waals surface area contributed by atoms with Gasteiger partial charge in [0.1, 0.15) is 5.92 Å². The van der Waals surface area contributed by atoms with Gasteiger partial charge in [0.05, 0.1) is 0 Å². The molecule has 0 aliphatic carbocycles. The Bertz CT molecular complexity index is 270. The molecule has 0 spiro atoms. The standard InChI is InChI=1S/C9H11NOS/c1-2-4-8(7-10-11)9-5-3-6-12-9/h3,5-6,8H,2,4H2,1H3. The summed E-state index contributed by atoms with van der Waals surface area (Å²) in [5.41, 5.74) is 0. The monoisotopic (exact) mass is 181 g/mol. The van der Waals surface area contributed by atoms with Crippen LogP contribution in [-0.2, 0) is 0 Å². The maximum atomic E-state index is 10.0. The molecule has 64 valence electrons. The number of nitrogens with zero attached hydrogens (tertiary/aromatic N) is 1. The molecule has 0 radical (unpaired) electrons. The second kappa shape index (κ2) is 4.78. The van der Waals surface area contributed by atoms with E-state index in [1.807, 2.05) is 17.5 Å². The summed E-state index contributed by atoms with van der Waals surface area (Å²) in [5.74, 6) is 0.104. The molecule has 1 unspecified atom stereocenters. The molecule has 1 aromatic rings. The second-order valence-corrected chi connectivity index (χ2v) is 3.56. The lowest BCUT2D eigenvalue weighted by Crippen LogP contribution is -1.90. The van der Waals surface area contributed by atoms with Crippen molar-refractivity contribution < 1.29 is 0 Å². The third-order valence-corrected chi connectivity index (χ3v) is 2.66. The molecule has 0 bridgehead atoms. The summed E-state index contributed by atoms with van der Waals surface area (Å²) in [4.78, 5) is 1.18. The van der Waals surface area contributed by atoms with Gasteiger partial charge >= 0.3 is 6.07 Å². The van der Waals surface area contributed by atoms with Gasteiger partial charge in [0.15, 0.2) is 0 Å². The van der Waals surface area contributed by atoms with Crippen molar-refractivity contribution in [2.24, 2.45) is 0 Å². The van der Waals surface area contributed by atoms with Gasteiger partial charge in [0.25, 0.3) is 0 Å². The van der Waals surface area contributed by atoms with Crippen molar-refractivity contribution in [1.29, 1.82) is 0 Å². The minimum absolute atomic E-state index is 0.104. The summed E-state index contributed by atoms with van der Waals surface area (Å²) in [7, 11) is 0. The maximum absolute atomic E-state index is 10.0. The van der Waals surface area contributed by atoms with Gasteiger partial charge in [0.2, 0.25) is 0 Å². The van der Waals surface area contributed by atoms with Crippen LogP contribution in [0.25, 0.3) is 5.01 Å². The molecule has 0 saturated heterocycles. The Morgan fingerprint density at radius 1 is 1.75 bits per heavy atom. The number of hydrogen-bond acceptors (Lipinski definition) is 2. The van der Waals surface area contributed by atoms with Gasteiger partial charge in [-0.25, -0.2) is 0 Å². The Hall–Kier alpha value is -1.01. The number of thiophene rings is 1. The molecular weight excluding hydrogens is 170 g/mol. The molecule has 1 rings (SSSR count). The lowest BCUT2D eigenvalue weighted by atomic mass is 10.0. The zero-order valence-electron chi connectivity index (χ0n) is 6.99. The lowest BCUT2D eigenvalue weighted by Gasteiger charge is -1.99. The summed E-state index contributed by atoms with van der Waals surface area (Å²) in [5, 5.41) is 14.8. The Morgan fingerprint density at radius 2 is 2.58 bits per heavy atom. The molecule has 0 N–H and O–H groups in total. The third-order valence-electron chi connectivity index (χ3n) is 1.67. The first-order chi connectivity index (χ1) is 5.88. The van der Waals surface area contributed by atoms with E-state index in [1.54, 1.807) is 11.3 Å². The fraction of sp³-hybridized carbons (Fsp3) is 0.444. The molecule has 3 heteroatoms. The predicted octanol–water partition coefficient (Wildman–Crippen LogP) is 3.46. The first-order valence-corrected chi connectivity index (χ1v) is 4.87. The fourth-order valence-electron chi connectivity index (χ4n) is 1.11. The zero-order chi connectivity index (χ0) is 8.81.